The van der Waals surface area contributed by atoms with E-state index in [1.54, 1.807) is 0 Å². The molecule has 1 aliphatic heterocycles. The summed E-state index contributed by atoms with van der Waals surface area (Å²) in [5, 5.41) is 3.68. The highest BCUT2D eigenvalue weighted by atomic mass is 15.2. The van der Waals surface area contributed by atoms with Crippen LogP contribution >= 0.6 is 0 Å². The molecule has 20 heavy (non-hydrogen) atoms. The molecule has 0 saturated carbocycles. The lowest BCUT2D eigenvalue weighted by molar-refractivity contribution is 0.154. The third-order valence-electron chi connectivity index (χ3n) is 4.61. The molecule has 3 heteroatoms. The molecule has 1 fully saturated rings. The molecule has 0 aromatic heterocycles. The second-order valence-corrected chi connectivity index (χ2v) is 8.38. The molecule has 120 valence electrons. The lowest BCUT2D eigenvalue weighted by atomic mass is 9.85. The minimum atomic E-state index is 0.211. The van der Waals surface area contributed by atoms with Crippen LogP contribution in [0, 0.1) is 11.3 Å². The largest absolute Gasteiger partial charge is 0.311 e. The van der Waals surface area contributed by atoms with Gasteiger partial charge in [-0.3, -0.25) is 0 Å². The highest BCUT2D eigenvalue weighted by Gasteiger charge is 2.28. The smallest absolute Gasteiger partial charge is 0.00967 e. The first-order valence-corrected chi connectivity index (χ1v) is 8.26. The molecule has 1 aliphatic rings. The number of rotatable bonds is 7. The second kappa shape index (κ2) is 7.24. The number of hydrogen-bond donors (Lipinski definition) is 1. The van der Waals surface area contributed by atoms with E-state index in [0.717, 1.165) is 12.5 Å². The number of hydrogen-bond acceptors (Lipinski definition) is 3. The lowest BCUT2D eigenvalue weighted by Crippen LogP contribution is -2.47. The van der Waals surface area contributed by atoms with Gasteiger partial charge in [-0.15, -0.1) is 0 Å². The first-order chi connectivity index (χ1) is 9.13. The summed E-state index contributed by atoms with van der Waals surface area (Å²) >= 11 is 0. The van der Waals surface area contributed by atoms with Gasteiger partial charge in [-0.05, 0) is 65.6 Å². The topological polar surface area (TPSA) is 18.5 Å². The first-order valence-electron chi connectivity index (χ1n) is 8.26. The normalized spacial score (nSPS) is 24.3. The molecule has 1 N–H and O–H groups in total. The summed E-state index contributed by atoms with van der Waals surface area (Å²) in [6.45, 7) is 17.6. The molecule has 1 rings (SSSR count). The van der Waals surface area contributed by atoms with Gasteiger partial charge in [0.1, 0.15) is 0 Å². The van der Waals surface area contributed by atoms with E-state index in [0.29, 0.717) is 5.41 Å². The van der Waals surface area contributed by atoms with Crippen LogP contribution in [0.1, 0.15) is 47.5 Å². The molecule has 2 unspecified atom stereocenters. The van der Waals surface area contributed by atoms with Crippen LogP contribution in [0.15, 0.2) is 0 Å². The van der Waals surface area contributed by atoms with Crippen LogP contribution in [-0.4, -0.2) is 62.2 Å². The van der Waals surface area contributed by atoms with Crippen molar-refractivity contribution in [2.75, 3.05) is 46.8 Å². The lowest BCUT2D eigenvalue weighted by Gasteiger charge is -2.36. The maximum absolute atomic E-state index is 3.68. The van der Waals surface area contributed by atoms with Gasteiger partial charge in [0.2, 0.25) is 0 Å². The van der Waals surface area contributed by atoms with Gasteiger partial charge in [0, 0.05) is 31.7 Å². The third-order valence-corrected chi connectivity index (χ3v) is 4.61. The average Bonchev–Trinajstić information content (AvgIpc) is 2.71. The van der Waals surface area contributed by atoms with Crippen molar-refractivity contribution in [3.63, 3.8) is 0 Å². The van der Waals surface area contributed by atoms with Crippen LogP contribution in [0.2, 0.25) is 0 Å². The molecule has 0 bridgehead atoms. The minimum absolute atomic E-state index is 0.211. The van der Waals surface area contributed by atoms with Crippen LogP contribution in [0.25, 0.3) is 0 Å². The maximum Gasteiger partial charge on any atom is 0.00967 e. The predicted octanol–water partition coefficient (Wildman–Crippen LogP) is 2.67. The highest BCUT2D eigenvalue weighted by Crippen LogP contribution is 2.24. The standard InChI is InChI=1S/C17H37N3/c1-8-17(5,13-18-16(2,3)4)14-20(7)12-15-9-10-19(6)11-15/h15,18H,8-14H2,1-7H3. The Hall–Kier alpha value is -0.120. The summed E-state index contributed by atoms with van der Waals surface area (Å²) < 4.78 is 0. The third kappa shape index (κ3) is 6.55. The van der Waals surface area contributed by atoms with E-state index in [1.807, 2.05) is 0 Å². The Labute approximate surface area is 127 Å². The number of nitrogens with zero attached hydrogens (tertiary/aromatic N) is 2. The van der Waals surface area contributed by atoms with E-state index < -0.39 is 0 Å². The van der Waals surface area contributed by atoms with Crippen molar-refractivity contribution >= 4 is 0 Å². The number of likely N-dealkylation sites (tertiary alicyclic amines) is 1. The summed E-state index contributed by atoms with van der Waals surface area (Å²) in [7, 11) is 4.53. The van der Waals surface area contributed by atoms with E-state index >= 15 is 0 Å². The maximum atomic E-state index is 3.68. The Morgan fingerprint density at radius 3 is 2.35 bits per heavy atom. The number of nitrogens with one attached hydrogen (secondary N) is 1. The van der Waals surface area contributed by atoms with E-state index in [-0.39, 0.29) is 5.54 Å². The van der Waals surface area contributed by atoms with Crippen LogP contribution in [-0.2, 0) is 0 Å². The summed E-state index contributed by atoms with van der Waals surface area (Å²) in [5.41, 5.74) is 0.579. The van der Waals surface area contributed by atoms with Crippen molar-refractivity contribution in [2.45, 2.75) is 53.0 Å². The van der Waals surface area contributed by atoms with Crippen LogP contribution < -0.4 is 5.32 Å². The van der Waals surface area contributed by atoms with E-state index in [9.17, 15) is 0 Å². The van der Waals surface area contributed by atoms with Crippen molar-refractivity contribution < 1.29 is 0 Å². The van der Waals surface area contributed by atoms with Gasteiger partial charge in [0.15, 0.2) is 0 Å². The molecular weight excluding hydrogens is 246 g/mol. The van der Waals surface area contributed by atoms with Crippen molar-refractivity contribution in [2.24, 2.45) is 11.3 Å². The van der Waals surface area contributed by atoms with Gasteiger partial charge < -0.3 is 15.1 Å². The van der Waals surface area contributed by atoms with Gasteiger partial charge in [0.25, 0.3) is 0 Å². The molecular formula is C17H37N3. The Bertz CT molecular complexity index is 284. The zero-order valence-corrected chi connectivity index (χ0v) is 14.9. The monoisotopic (exact) mass is 283 g/mol. The molecule has 0 spiro atoms. The zero-order valence-electron chi connectivity index (χ0n) is 14.9. The molecule has 0 amide bonds. The fourth-order valence-electron chi connectivity index (χ4n) is 3.10. The van der Waals surface area contributed by atoms with Gasteiger partial charge >= 0.3 is 0 Å². The molecule has 0 aromatic rings. The Morgan fingerprint density at radius 1 is 1.25 bits per heavy atom. The Morgan fingerprint density at radius 2 is 1.90 bits per heavy atom. The molecule has 0 radical (unpaired) electrons. The summed E-state index contributed by atoms with van der Waals surface area (Å²) in [6.07, 6.45) is 2.59. The first kappa shape index (κ1) is 17.9. The summed E-state index contributed by atoms with van der Waals surface area (Å²) in [5.74, 6) is 0.863. The Balaban J connectivity index is 2.41. The average molecular weight is 284 g/mol. The van der Waals surface area contributed by atoms with Gasteiger partial charge in [-0.25, -0.2) is 0 Å². The minimum Gasteiger partial charge on any atom is -0.311 e. The summed E-state index contributed by atoms with van der Waals surface area (Å²) in [6, 6.07) is 0. The quantitative estimate of drug-likeness (QED) is 0.775. The predicted molar refractivity (Wildman–Crippen MR) is 89.3 cm³/mol. The molecule has 3 nitrogen and oxygen atoms in total. The molecule has 0 aliphatic carbocycles. The van der Waals surface area contributed by atoms with E-state index in [4.69, 9.17) is 0 Å². The SMILES string of the molecule is CCC(C)(CNC(C)(C)C)CN(C)CC1CCN(C)C1. The van der Waals surface area contributed by atoms with E-state index in [2.05, 4.69) is 63.8 Å². The van der Waals surface area contributed by atoms with Crippen molar-refractivity contribution in [1.82, 2.24) is 15.1 Å². The van der Waals surface area contributed by atoms with Crippen LogP contribution in [0.5, 0.6) is 0 Å². The van der Waals surface area contributed by atoms with Gasteiger partial charge in [-0.1, -0.05) is 13.8 Å². The molecule has 0 aromatic carbocycles. The molecule has 2 atom stereocenters. The van der Waals surface area contributed by atoms with Gasteiger partial charge in [-0.2, -0.15) is 0 Å². The Kier molecular flexibility index (Phi) is 6.49. The molecule has 1 saturated heterocycles. The highest BCUT2D eigenvalue weighted by molar-refractivity contribution is 4.84. The second-order valence-electron chi connectivity index (χ2n) is 8.38. The van der Waals surface area contributed by atoms with E-state index in [1.165, 1.54) is 39.0 Å². The molecule has 1 heterocycles. The van der Waals surface area contributed by atoms with Crippen molar-refractivity contribution in [3.8, 4) is 0 Å². The van der Waals surface area contributed by atoms with Gasteiger partial charge in [0.05, 0.1) is 0 Å². The zero-order chi connectivity index (χ0) is 15.4. The fourth-order valence-corrected chi connectivity index (χ4v) is 3.10. The summed E-state index contributed by atoms with van der Waals surface area (Å²) in [4.78, 5) is 5.01. The van der Waals surface area contributed by atoms with Crippen LogP contribution in [0.3, 0.4) is 0 Å². The van der Waals surface area contributed by atoms with Crippen molar-refractivity contribution in [1.29, 1.82) is 0 Å². The fraction of sp³-hybridized carbons (Fsp3) is 1.00. The van der Waals surface area contributed by atoms with Crippen molar-refractivity contribution in [3.05, 3.63) is 0 Å². The van der Waals surface area contributed by atoms with Crippen LogP contribution in [0.4, 0.5) is 0 Å².